The number of aliphatic hydroxyl groups is 1. The second-order valence-electron chi connectivity index (χ2n) is 13.0. The van der Waals surface area contributed by atoms with Gasteiger partial charge in [0.05, 0.1) is 37.2 Å². The summed E-state index contributed by atoms with van der Waals surface area (Å²) in [5.41, 5.74) is -0.962. The zero-order valence-corrected chi connectivity index (χ0v) is 26.9. The number of ether oxygens (including phenoxy) is 2. The first-order valence-corrected chi connectivity index (χ1v) is 15.7. The molecule has 5 rings (SSSR count). The molecule has 2 aromatic carbocycles. The van der Waals surface area contributed by atoms with E-state index in [0.29, 0.717) is 23.5 Å². The van der Waals surface area contributed by atoms with Crippen molar-refractivity contribution in [3.63, 3.8) is 0 Å². The summed E-state index contributed by atoms with van der Waals surface area (Å²) in [6.45, 7) is 15.6. The number of carbonyl (C=O) groups excluding carboxylic acids is 3. The summed E-state index contributed by atoms with van der Waals surface area (Å²) < 4.78 is 12.3. The molecule has 9 heteroatoms. The fourth-order valence-corrected chi connectivity index (χ4v) is 7.90. The molecule has 3 heterocycles. The first-order valence-electron chi connectivity index (χ1n) is 15.7. The Bertz CT molecular complexity index is 1440. The predicted octanol–water partition coefficient (Wildman–Crippen LogP) is 4.46. The first-order chi connectivity index (χ1) is 21.5. The quantitative estimate of drug-likeness (QED) is 0.354. The molecule has 3 aliphatic rings. The van der Waals surface area contributed by atoms with E-state index in [2.05, 4.69) is 13.2 Å². The number of hydrogen-bond donors (Lipinski definition) is 1. The number of rotatable bonds is 12. The van der Waals surface area contributed by atoms with Gasteiger partial charge in [-0.3, -0.25) is 14.4 Å². The molecule has 3 aliphatic heterocycles. The van der Waals surface area contributed by atoms with E-state index in [0.717, 1.165) is 0 Å². The fourth-order valence-electron chi connectivity index (χ4n) is 7.90. The smallest absolute Gasteiger partial charge is 0.253 e. The van der Waals surface area contributed by atoms with Gasteiger partial charge >= 0.3 is 0 Å². The first kappa shape index (κ1) is 32.4. The highest BCUT2D eigenvalue weighted by Gasteiger charge is 2.80. The molecule has 45 heavy (non-hydrogen) atoms. The van der Waals surface area contributed by atoms with Crippen LogP contribution in [0.15, 0.2) is 79.9 Å². The van der Waals surface area contributed by atoms with Gasteiger partial charge in [0.2, 0.25) is 11.8 Å². The van der Waals surface area contributed by atoms with Gasteiger partial charge in [0.25, 0.3) is 5.91 Å². The van der Waals surface area contributed by atoms with E-state index in [1.165, 1.54) is 4.90 Å². The zero-order chi connectivity index (χ0) is 32.7. The third-order valence-corrected chi connectivity index (χ3v) is 10.2. The number of methoxy groups -OCH3 is 1. The Morgan fingerprint density at radius 3 is 2.16 bits per heavy atom. The molecular formula is C36H45N3O6. The van der Waals surface area contributed by atoms with E-state index < -0.39 is 35.1 Å². The van der Waals surface area contributed by atoms with Gasteiger partial charge in [-0.15, -0.1) is 13.2 Å². The maximum Gasteiger partial charge on any atom is 0.253 e. The molecule has 0 radical (unpaired) electrons. The summed E-state index contributed by atoms with van der Waals surface area (Å²) in [6.07, 6.45) is 3.73. The van der Waals surface area contributed by atoms with Crippen molar-refractivity contribution in [1.29, 1.82) is 0 Å². The Morgan fingerprint density at radius 2 is 1.62 bits per heavy atom. The number of aliphatic hydroxyl groups excluding tert-OH is 1. The molecule has 0 saturated carbocycles. The standard InChI is InChI=1S/C36H45N3O6/c1-8-19-37(25-13-11-10-12-14-25)32(41)29-30-33(42)39(28(22-40)23(3)4)31(36(30)21-24(5)35(29,6)45-36)34(43)38(20-9-2)26-15-17-27(44-7)18-16-26/h8-18,23-24,28-31,40H,1-2,19-22H2,3-7H3/t24?,28-,29-,30-,31?,35+,36?/m0/s1. The second kappa shape index (κ2) is 12.4. The third kappa shape index (κ3) is 5.06. The lowest BCUT2D eigenvalue weighted by Gasteiger charge is -2.40. The fraction of sp³-hybridized carbons (Fsp3) is 0.472. The van der Waals surface area contributed by atoms with Crippen molar-refractivity contribution >= 4 is 29.1 Å². The number of nitrogens with zero attached hydrogens (tertiary/aromatic N) is 3. The van der Waals surface area contributed by atoms with Gasteiger partial charge < -0.3 is 29.3 Å². The molecule has 2 aromatic rings. The highest BCUT2D eigenvalue weighted by molar-refractivity contribution is 6.07. The van der Waals surface area contributed by atoms with Crippen molar-refractivity contribution in [2.24, 2.45) is 23.7 Å². The number of amides is 3. The Balaban J connectivity index is 1.66. The molecule has 1 N–H and O–H groups in total. The van der Waals surface area contributed by atoms with Gasteiger partial charge in [0.1, 0.15) is 17.4 Å². The molecule has 3 unspecified atom stereocenters. The van der Waals surface area contributed by atoms with Crippen molar-refractivity contribution in [3.05, 3.63) is 79.9 Å². The number of hydrogen-bond acceptors (Lipinski definition) is 6. The normalized spacial score (nSPS) is 29.0. The molecule has 7 atom stereocenters. The van der Waals surface area contributed by atoms with Gasteiger partial charge in [-0.2, -0.15) is 0 Å². The zero-order valence-electron chi connectivity index (χ0n) is 26.9. The highest BCUT2D eigenvalue weighted by Crippen LogP contribution is 2.66. The minimum absolute atomic E-state index is 0.132. The number of para-hydroxylation sites is 1. The second-order valence-corrected chi connectivity index (χ2v) is 13.0. The lowest BCUT2D eigenvalue weighted by molar-refractivity contribution is -0.150. The molecule has 3 fully saturated rings. The minimum Gasteiger partial charge on any atom is -0.497 e. The maximum absolute atomic E-state index is 14.9. The summed E-state index contributed by atoms with van der Waals surface area (Å²) in [5, 5.41) is 10.6. The van der Waals surface area contributed by atoms with Crippen LogP contribution in [-0.2, 0) is 19.1 Å². The van der Waals surface area contributed by atoms with Gasteiger partial charge in [-0.1, -0.05) is 51.1 Å². The SMILES string of the molecule is C=CCN(C(=O)C1N([C@@H](CO)C(C)C)C(=O)[C@@H]2[C@@H](C(=O)N(CC=C)c3ccccc3)[C@]3(C)OC12CC3C)c1ccc(OC)cc1. The van der Waals surface area contributed by atoms with Crippen LogP contribution in [-0.4, -0.2) is 77.8 Å². The van der Waals surface area contributed by atoms with E-state index in [-0.39, 0.29) is 49.3 Å². The molecule has 0 aliphatic carbocycles. The summed E-state index contributed by atoms with van der Waals surface area (Å²) in [4.78, 5) is 49.2. The van der Waals surface area contributed by atoms with Gasteiger partial charge in [0.15, 0.2) is 0 Å². The Hall–Kier alpha value is -3.95. The number of anilines is 2. The van der Waals surface area contributed by atoms with Crippen LogP contribution in [0, 0.1) is 23.7 Å². The van der Waals surface area contributed by atoms with Crippen LogP contribution in [0.3, 0.4) is 0 Å². The molecule has 9 nitrogen and oxygen atoms in total. The van der Waals surface area contributed by atoms with E-state index in [1.54, 1.807) is 53.3 Å². The van der Waals surface area contributed by atoms with Crippen LogP contribution in [0.25, 0.3) is 0 Å². The summed E-state index contributed by atoms with van der Waals surface area (Å²) in [7, 11) is 1.57. The van der Waals surface area contributed by atoms with Crippen molar-refractivity contribution in [2.45, 2.75) is 57.4 Å². The third-order valence-electron chi connectivity index (χ3n) is 10.2. The summed E-state index contributed by atoms with van der Waals surface area (Å²) in [5.74, 6) is -2.34. The molecule has 240 valence electrons. The topological polar surface area (TPSA) is 99.6 Å². The maximum atomic E-state index is 14.9. The average molecular weight is 616 g/mol. The lowest BCUT2D eigenvalue weighted by Crippen LogP contribution is -2.60. The van der Waals surface area contributed by atoms with Crippen LogP contribution < -0.4 is 14.5 Å². The minimum atomic E-state index is -1.27. The predicted molar refractivity (Wildman–Crippen MR) is 174 cm³/mol. The van der Waals surface area contributed by atoms with Crippen LogP contribution in [0.1, 0.15) is 34.1 Å². The monoisotopic (exact) mass is 615 g/mol. The van der Waals surface area contributed by atoms with E-state index in [4.69, 9.17) is 9.47 Å². The van der Waals surface area contributed by atoms with Crippen molar-refractivity contribution < 1.29 is 29.0 Å². The number of benzene rings is 2. The van der Waals surface area contributed by atoms with Crippen LogP contribution in [0.5, 0.6) is 5.75 Å². The van der Waals surface area contributed by atoms with Gasteiger partial charge in [0, 0.05) is 24.5 Å². The molecule has 1 spiro atoms. The van der Waals surface area contributed by atoms with Crippen molar-refractivity contribution in [2.75, 3.05) is 36.6 Å². The number of fused-ring (bicyclic) bond motifs is 1. The Morgan fingerprint density at radius 1 is 1.04 bits per heavy atom. The summed E-state index contributed by atoms with van der Waals surface area (Å²) in [6, 6.07) is 14.7. The average Bonchev–Trinajstić information content (AvgIpc) is 3.55. The lowest BCUT2D eigenvalue weighted by atomic mass is 9.62. The number of carbonyl (C=O) groups is 3. The Labute approximate surface area is 266 Å². The van der Waals surface area contributed by atoms with Crippen molar-refractivity contribution in [3.8, 4) is 5.75 Å². The summed E-state index contributed by atoms with van der Waals surface area (Å²) >= 11 is 0. The molecular weight excluding hydrogens is 570 g/mol. The highest BCUT2D eigenvalue weighted by atomic mass is 16.5. The van der Waals surface area contributed by atoms with Gasteiger partial charge in [-0.25, -0.2) is 0 Å². The van der Waals surface area contributed by atoms with Gasteiger partial charge in [-0.05, 0) is 61.6 Å². The molecule has 3 saturated heterocycles. The largest absolute Gasteiger partial charge is 0.497 e. The molecule has 3 amide bonds. The van der Waals surface area contributed by atoms with Crippen molar-refractivity contribution in [1.82, 2.24) is 4.90 Å². The number of likely N-dealkylation sites (tertiary alicyclic amines) is 1. The molecule has 0 aromatic heterocycles. The van der Waals surface area contributed by atoms with E-state index in [9.17, 15) is 19.5 Å². The van der Waals surface area contributed by atoms with E-state index >= 15 is 0 Å². The van der Waals surface area contributed by atoms with Crippen LogP contribution in [0.4, 0.5) is 11.4 Å². The van der Waals surface area contributed by atoms with Crippen LogP contribution in [0.2, 0.25) is 0 Å². The molecule has 2 bridgehead atoms. The Kier molecular flexibility index (Phi) is 8.97. The van der Waals surface area contributed by atoms with E-state index in [1.807, 2.05) is 58.0 Å². The van der Waals surface area contributed by atoms with Crippen LogP contribution >= 0.6 is 0 Å².